The summed E-state index contributed by atoms with van der Waals surface area (Å²) in [6, 6.07) is 13.1. The molecule has 4 rings (SSSR count). The predicted octanol–water partition coefficient (Wildman–Crippen LogP) is 3.75. The van der Waals surface area contributed by atoms with Gasteiger partial charge in [0.1, 0.15) is 11.6 Å². The van der Waals surface area contributed by atoms with Gasteiger partial charge in [0.05, 0.1) is 18.0 Å². The fraction of sp³-hybridized carbons (Fsp3) is 0.100. The van der Waals surface area contributed by atoms with E-state index in [9.17, 15) is 10.1 Å². The van der Waals surface area contributed by atoms with E-state index in [0.29, 0.717) is 5.82 Å². The van der Waals surface area contributed by atoms with Crippen molar-refractivity contribution in [2.45, 2.75) is 13.8 Å². The number of hydrogen-bond donors (Lipinski definition) is 1. The standard InChI is InChI=1S/C20H15N5O2/c1-12-5-3-6-15-13(2)9-17(23-18(12)15)25-19(14(10-21)11-22-25)24-20(26)16-7-4-8-27-16/h3-9,11H,1-2H3,(H,24,26). The maximum Gasteiger partial charge on any atom is 0.292 e. The molecule has 132 valence electrons. The summed E-state index contributed by atoms with van der Waals surface area (Å²) in [4.78, 5) is 17.1. The normalized spacial score (nSPS) is 10.7. The monoisotopic (exact) mass is 357 g/mol. The second-order valence-electron chi connectivity index (χ2n) is 6.13. The van der Waals surface area contributed by atoms with Crippen LogP contribution in [-0.4, -0.2) is 20.7 Å². The van der Waals surface area contributed by atoms with Gasteiger partial charge in [-0.3, -0.25) is 4.79 Å². The van der Waals surface area contributed by atoms with Gasteiger partial charge in [0, 0.05) is 5.39 Å². The van der Waals surface area contributed by atoms with Crippen molar-refractivity contribution in [3.63, 3.8) is 0 Å². The van der Waals surface area contributed by atoms with Crippen LogP contribution >= 0.6 is 0 Å². The van der Waals surface area contributed by atoms with Gasteiger partial charge < -0.3 is 9.73 Å². The largest absolute Gasteiger partial charge is 0.459 e. The molecule has 0 atom stereocenters. The summed E-state index contributed by atoms with van der Waals surface area (Å²) in [5.74, 6) is 0.446. The van der Waals surface area contributed by atoms with Crippen molar-refractivity contribution in [2.24, 2.45) is 0 Å². The molecular weight excluding hydrogens is 342 g/mol. The third kappa shape index (κ3) is 2.83. The number of aromatic nitrogens is 3. The quantitative estimate of drug-likeness (QED) is 0.602. The second-order valence-corrected chi connectivity index (χ2v) is 6.13. The first-order valence-electron chi connectivity index (χ1n) is 8.29. The van der Waals surface area contributed by atoms with Gasteiger partial charge in [-0.1, -0.05) is 18.2 Å². The van der Waals surface area contributed by atoms with Gasteiger partial charge in [-0.25, -0.2) is 4.98 Å². The van der Waals surface area contributed by atoms with Crippen molar-refractivity contribution in [1.82, 2.24) is 14.8 Å². The van der Waals surface area contributed by atoms with E-state index in [-0.39, 0.29) is 17.1 Å². The molecule has 0 spiro atoms. The minimum Gasteiger partial charge on any atom is -0.459 e. The van der Waals surface area contributed by atoms with E-state index in [4.69, 9.17) is 9.40 Å². The highest BCUT2D eigenvalue weighted by molar-refractivity contribution is 6.02. The fourth-order valence-corrected chi connectivity index (χ4v) is 2.95. The highest BCUT2D eigenvalue weighted by Gasteiger charge is 2.19. The van der Waals surface area contributed by atoms with E-state index in [1.165, 1.54) is 17.1 Å². The summed E-state index contributed by atoms with van der Waals surface area (Å²) < 4.78 is 6.57. The minimum absolute atomic E-state index is 0.144. The number of hydrogen-bond acceptors (Lipinski definition) is 5. The van der Waals surface area contributed by atoms with Crippen LogP contribution in [-0.2, 0) is 0 Å². The summed E-state index contributed by atoms with van der Waals surface area (Å²) in [5, 5.41) is 17.4. The number of anilines is 1. The van der Waals surface area contributed by atoms with E-state index >= 15 is 0 Å². The lowest BCUT2D eigenvalue weighted by Crippen LogP contribution is -2.16. The van der Waals surface area contributed by atoms with Crippen molar-refractivity contribution in [3.8, 4) is 11.9 Å². The lowest BCUT2D eigenvalue weighted by molar-refractivity contribution is 0.0996. The number of nitrogens with one attached hydrogen (secondary N) is 1. The van der Waals surface area contributed by atoms with Crippen LogP contribution in [0.5, 0.6) is 0 Å². The summed E-state index contributed by atoms with van der Waals surface area (Å²) in [7, 11) is 0. The van der Waals surface area contributed by atoms with Crippen LogP contribution in [0, 0.1) is 25.2 Å². The summed E-state index contributed by atoms with van der Waals surface area (Å²) in [5.41, 5.74) is 3.14. The number of carbonyl (C=O) groups is 1. The molecule has 1 amide bonds. The smallest absolute Gasteiger partial charge is 0.292 e. The molecule has 7 nitrogen and oxygen atoms in total. The molecule has 3 aromatic heterocycles. The van der Waals surface area contributed by atoms with Crippen LogP contribution < -0.4 is 5.32 Å². The molecule has 0 bridgehead atoms. The van der Waals surface area contributed by atoms with Crippen LogP contribution in [0.15, 0.2) is 53.3 Å². The zero-order chi connectivity index (χ0) is 19.0. The van der Waals surface area contributed by atoms with Gasteiger partial charge in [0.25, 0.3) is 5.91 Å². The number of aryl methyl sites for hydroxylation is 2. The molecule has 27 heavy (non-hydrogen) atoms. The van der Waals surface area contributed by atoms with E-state index in [1.54, 1.807) is 12.1 Å². The number of fused-ring (bicyclic) bond motifs is 1. The zero-order valence-corrected chi connectivity index (χ0v) is 14.7. The Morgan fingerprint density at radius 1 is 1.22 bits per heavy atom. The van der Waals surface area contributed by atoms with E-state index in [1.807, 2.05) is 44.2 Å². The first kappa shape index (κ1) is 16.5. The number of para-hydroxylation sites is 1. The molecule has 0 aliphatic carbocycles. The first-order chi connectivity index (χ1) is 13.1. The highest BCUT2D eigenvalue weighted by Crippen LogP contribution is 2.25. The van der Waals surface area contributed by atoms with E-state index in [2.05, 4.69) is 10.4 Å². The number of nitriles is 1. The number of nitrogens with zero attached hydrogens (tertiary/aromatic N) is 4. The van der Waals surface area contributed by atoms with Crippen molar-refractivity contribution >= 4 is 22.6 Å². The average Bonchev–Trinajstić information content (AvgIpc) is 3.32. The molecule has 4 aromatic rings. The van der Waals surface area contributed by atoms with E-state index in [0.717, 1.165) is 22.0 Å². The SMILES string of the molecule is Cc1cc(-n2ncc(C#N)c2NC(=O)c2ccco2)nc2c(C)cccc12. The van der Waals surface area contributed by atoms with Crippen molar-refractivity contribution in [3.05, 3.63) is 71.3 Å². The van der Waals surface area contributed by atoms with Crippen LogP contribution in [0.1, 0.15) is 27.2 Å². The number of carbonyl (C=O) groups excluding carboxylic acids is 1. The Morgan fingerprint density at radius 3 is 2.81 bits per heavy atom. The Kier molecular flexibility index (Phi) is 3.94. The van der Waals surface area contributed by atoms with Crippen LogP contribution in [0.25, 0.3) is 16.7 Å². The Labute approximate surface area is 154 Å². The first-order valence-corrected chi connectivity index (χ1v) is 8.29. The minimum atomic E-state index is -0.466. The average molecular weight is 357 g/mol. The van der Waals surface area contributed by atoms with Crippen molar-refractivity contribution < 1.29 is 9.21 Å². The Bertz CT molecular complexity index is 1200. The molecule has 0 unspecified atom stereocenters. The summed E-state index contributed by atoms with van der Waals surface area (Å²) in [6.07, 6.45) is 2.81. The van der Waals surface area contributed by atoms with Crippen molar-refractivity contribution in [1.29, 1.82) is 5.26 Å². The third-order valence-electron chi connectivity index (χ3n) is 4.32. The number of furan rings is 1. The number of rotatable bonds is 3. The molecule has 7 heteroatoms. The van der Waals surface area contributed by atoms with E-state index < -0.39 is 5.91 Å². The topological polar surface area (TPSA) is 96.7 Å². The number of benzene rings is 1. The molecular formula is C20H15N5O2. The lowest BCUT2D eigenvalue weighted by Gasteiger charge is -2.11. The van der Waals surface area contributed by atoms with Crippen LogP contribution in [0.4, 0.5) is 5.82 Å². The summed E-state index contributed by atoms with van der Waals surface area (Å²) >= 11 is 0. The number of pyridine rings is 1. The van der Waals surface area contributed by atoms with Gasteiger partial charge in [-0.05, 0) is 43.2 Å². The Hall–Kier alpha value is -3.92. The second kappa shape index (κ2) is 6.42. The van der Waals surface area contributed by atoms with Crippen molar-refractivity contribution in [2.75, 3.05) is 5.32 Å². The van der Waals surface area contributed by atoms with Gasteiger partial charge in [0.15, 0.2) is 17.4 Å². The summed E-state index contributed by atoms with van der Waals surface area (Å²) in [6.45, 7) is 3.98. The molecule has 0 saturated heterocycles. The van der Waals surface area contributed by atoms with Gasteiger partial charge >= 0.3 is 0 Å². The van der Waals surface area contributed by atoms with Gasteiger partial charge in [0.2, 0.25) is 0 Å². The maximum atomic E-state index is 12.4. The highest BCUT2D eigenvalue weighted by atomic mass is 16.3. The lowest BCUT2D eigenvalue weighted by atomic mass is 10.1. The molecule has 0 aliphatic rings. The molecule has 0 radical (unpaired) electrons. The molecule has 0 saturated carbocycles. The molecule has 1 N–H and O–H groups in total. The fourth-order valence-electron chi connectivity index (χ4n) is 2.95. The maximum absolute atomic E-state index is 12.4. The Balaban J connectivity index is 1.84. The van der Waals surface area contributed by atoms with Gasteiger partial charge in [-0.2, -0.15) is 15.0 Å². The molecule has 1 aromatic carbocycles. The van der Waals surface area contributed by atoms with Crippen LogP contribution in [0.2, 0.25) is 0 Å². The number of amides is 1. The Morgan fingerprint density at radius 2 is 2.07 bits per heavy atom. The zero-order valence-electron chi connectivity index (χ0n) is 14.7. The van der Waals surface area contributed by atoms with Gasteiger partial charge in [-0.15, -0.1) is 0 Å². The third-order valence-corrected chi connectivity index (χ3v) is 4.32. The molecule has 3 heterocycles. The predicted molar refractivity (Wildman–Crippen MR) is 99.7 cm³/mol. The molecule has 0 fully saturated rings. The van der Waals surface area contributed by atoms with Crippen LogP contribution in [0.3, 0.4) is 0 Å². The molecule has 0 aliphatic heterocycles.